The highest BCUT2D eigenvalue weighted by Crippen LogP contribution is 2.20. The van der Waals surface area contributed by atoms with Gasteiger partial charge < -0.3 is 15.0 Å². The Balaban J connectivity index is 2.32. The van der Waals surface area contributed by atoms with Gasteiger partial charge in [-0.3, -0.25) is 15.0 Å². The molecule has 0 aromatic rings. The second-order valence-corrected chi connectivity index (χ2v) is 5.07. The summed E-state index contributed by atoms with van der Waals surface area (Å²) in [6.07, 6.45) is 1.09. The van der Waals surface area contributed by atoms with E-state index >= 15 is 0 Å². The average Bonchev–Trinajstić information content (AvgIpc) is 2.84. The fourth-order valence-electron chi connectivity index (χ4n) is 2.34. The number of amides is 2. The zero-order valence-corrected chi connectivity index (χ0v) is 11.8. The maximum Gasteiger partial charge on any atom is 0.263 e. The number of nitrogens with zero attached hydrogens (tertiary/aromatic N) is 1. The van der Waals surface area contributed by atoms with Crippen LogP contribution in [0.2, 0.25) is 0 Å². The molecule has 1 heterocycles. The fourth-order valence-corrected chi connectivity index (χ4v) is 2.34. The monoisotopic (exact) mass is 272 g/mol. The van der Waals surface area contributed by atoms with Gasteiger partial charge in [0.25, 0.3) is 5.91 Å². The first-order valence-corrected chi connectivity index (χ1v) is 6.54. The van der Waals surface area contributed by atoms with Gasteiger partial charge in [-0.05, 0) is 19.9 Å². The summed E-state index contributed by atoms with van der Waals surface area (Å²) in [5.41, 5.74) is 2.11. The number of carbonyl (C=O) groups excluding carboxylic acids is 2. The van der Waals surface area contributed by atoms with Crippen molar-refractivity contribution in [3.8, 4) is 0 Å². The summed E-state index contributed by atoms with van der Waals surface area (Å²) < 4.78 is 5.62. The third-order valence-electron chi connectivity index (χ3n) is 3.34. The molecule has 2 amide bonds. The van der Waals surface area contributed by atoms with Crippen molar-refractivity contribution in [2.24, 2.45) is 11.8 Å². The van der Waals surface area contributed by atoms with Crippen LogP contribution >= 0.6 is 0 Å². The molecule has 1 saturated heterocycles. The molecule has 7 heteroatoms. The Labute approximate surface area is 113 Å². The Hall–Kier alpha value is -1.18. The maximum atomic E-state index is 11.4. The van der Waals surface area contributed by atoms with Gasteiger partial charge in [0.05, 0.1) is 6.10 Å². The first-order valence-electron chi connectivity index (χ1n) is 6.54. The van der Waals surface area contributed by atoms with Gasteiger partial charge in [-0.15, -0.1) is 0 Å². The molecule has 3 unspecified atom stereocenters. The predicted molar refractivity (Wildman–Crippen MR) is 71.0 cm³/mol. The van der Waals surface area contributed by atoms with Gasteiger partial charge in [-0.25, -0.2) is 5.84 Å². The van der Waals surface area contributed by atoms with Crippen molar-refractivity contribution in [3.63, 3.8) is 0 Å². The van der Waals surface area contributed by atoms with Crippen LogP contribution < -0.4 is 16.6 Å². The molecule has 0 aromatic carbocycles. The lowest BCUT2D eigenvalue weighted by Gasteiger charge is -2.23. The van der Waals surface area contributed by atoms with E-state index in [0.29, 0.717) is 19.5 Å². The molecule has 0 aliphatic carbocycles. The van der Waals surface area contributed by atoms with Crippen LogP contribution in [0.3, 0.4) is 0 Å². The van der Waals surface area contributed by atoms with Crippen LogP contribution in [-0.4, -0.2) is 56.1 Å². The van der Waals surface area contributed by atoms with Crippen molar-refractivity contribution in [2.75, 3.05) is 27.2 Å². The summed E-state index contributed by atoms with van der Waals surface area (Å²) in [5, 5.41) is 2.63. The largest absolute Gasteiger partial charge is 0.364 e. The van der Waals surface area contributed by atoms with Crippen molar-refractivity contribution >= 4 is 11.8 Å². The second-order valence-electron chi connectivity index (χ2n) is 5.07. The van der Waals surface area contributed by atoms with Gasteiger partial charge in [-0.2, -0.15) is 0 Å². The quantitative estimate of drug-likeness (QED) is 0.322. The van der Waals surface area contributed by atoms with Crippen LogP contribution in [-0.2, 0) is 14.3 Å². The van der Waals surface area contributed by atoms with Crippen molar-refractivity contribution in [1.29, 1.82) is 0 Å². The van der Waals surface area contributed by atoms with Gasteiger partial charge in [0.1, 0.15) is 6.10 Å². The normalized spacial score (nSPS) is 24.3. The number of hydrazine groups is 1. The number of nitrogens with two attached hydrogens (primary N) is 1. The number of hydrogen-bond donors (Lipinski definition) is 3. The molecule has 19 heavy (non-hydrogen) atoms. The summed E-state index contributed by atoms with van der Waals surface area (Å²) in [4.78, 5) is 24.8. The van der Waals surface area contributed by atoms with E-state index in [-0.39, 0.29) is 23.8 Å². The summed E-state index contributed by atoms with van der Waals surface area (Å²) in [6.45, 7) is 3.25. The minimum absolute atomic E-state index is 0.0178. The molecule has 110 valence electrons. The Bertz CT molecular complexity index is 324. The molecule has 1 aliphatic heterocycles. The molecule has 1 rings (SSSR count). The molecule has 3 atom stereocenters. The van der Waals surface area contributed by atoms with Crippen molar-refractivity contribution in [1.82, 2.24) is 15.6 Å². The van der Waals surface area contributed by atoms with Gasteiger partial charge in [0, 0.05) is 26.1 Å². The molecule has 0 radical (unpaired) electrons. The predicted octanol–water partition coefficient (Wildman–Crippen LogP) is -1.16. The summed E-state index contributed by atoms with van der Waals surface area (Å²) in [5.74, 6) is 4.76. The minimum atomic E-state index is -0.445. The standard InChI is InChI=1S/C12H24N4O3/c1-8(11(17)14-2)6-16(3)7-9-4-5-10(19-9)12(18)15-13/h8-10H,4-7,13H2,1-3H3,(H,14,17)(H,15,18). The van der Waals surface area contributed by atoms with E-state index in [9.17, 15) is 9.59 Å². The molecule has 0 spiro atoms. The van der Waals surface area contributed by atoms with Gasteiger partial charge in [0.15, 0.2) is 0 Å². The molecule has 7 nitrogen and oxygen atoms in total. The van der Waals surface area contributed by atoms with Crippen LogP contribution in [0.4, 0.5) is 0 Å². The second kappa shape index (κ2) is 7.42. The van der Waals surface area contributed by atoms with Crippen molar-refractivity contribution < 1.29 is 14.3 Å². The summed E-state index contributed by atoms with van der Waals surface area (Å²) in [6, 6.07) is 0. The summed E-state index contributed by atoms with van der Waals surface area (Å²) in [7, 11) is 3.58. The van der Waals surface area contributed by atoms with Crippen molar-refractivity contribution in [2.45, 2.75) is 32.0 Å². The SMILES string of the molecule is CNC(=O)C(C)CN(C)CC1CCC(C(=O)NN)O1. The van der Waals surface area contributed by atoms with E-state index in [2.05, 4.69) is 10.7 Å². The smallest absolute Gasteiger partial charge is 0.263 e. The number of ether oxygens (including phenoxy) is 1. The number of carbonyl (C=O) groups is 2. The minimum Gasteiger partial charge on any atom is -0.364 e. The Kier molecular flexibility index (Phi) is 6.20. The van der Waals surface area contributed by atoms with Crippen LogP contribution in [0.5, 0.6) is 0 Å². The van der Waals surface area contributed by atoms with E-state index in [1.165, 1.54) is 0 Å². The number of hydrogen-bond acceptors (Lipinski definition) is 5. The Morgan fingerprint density at radius 3 is 2.74 bits per heavy atom. The van der Waals surface area contributed by atoms with Crippen LogP contribution in [0.1, 0.15) is 19.8 Å². The van der Waals surface area contributed by atoms with E-state index in [4.69, 9.17) is 10.6 Å². The molecule has 0 bridgehead atoms. The average molecular weight is 272 g/mol. The van der Waals surface area contributed by atoms with E-state index in [1.807, 2.05) is 18.9 Å². The highest BCUT2D eigenvalue weighted by molar-refractivity contribution is 5.80. The lowest BCUT2D eigenvalue weighted by atomic mass is 10.1. The third-order valence-corrected chi connectivity index (χ3v) is 3.34. The lowest BCUT2D eigenvalue weighted by Crippen LogP contribution is -2.40. The molecular formula is C12H24N4O3. The Morgan fingerprint density at radius 2 is 2.16 bits per heavy atom. The maximum absolute atomic E-state index is 11.4. The fraction of sp³-hybridized carbons (Fsp3) is 0.833. The zero-order valence-electron chi connectivity index (χ0n) is 11.8. The van der Waals surface area contributed by atoms with E-state index < -0.39 is 6.10 Å². The molecular weight excluding hydrogens is 248 g/mol. The number of nitrogens with one attached hydrogen (secondary N) is 2. The third kappa shape index (κ3) is 4.77. The van der Waals surface area contributed by atoms with Crippen molar-refractivity contribution in [3.05, 3.63) is 0 Å². The lowest BCUT2D eigenvalue weighted by molar-refractivity contribution is -0.132. The van der Waals surface area contributed by atoms with E-state index in [0.717, 1.165) is 6.42 Å². The van der Waals surface area contributed by atoms with Crippen LogP contribution in [0, 0.1) is 5.92 Å². The molecule has 0 saturated carbocycles. The van der Waals surface area contributed by atoms with Gasteiger partial charge in [0.2, 0.25) is 5.91 Å². The first-order chi connectivity index (χ1) is 8.97. The van der Waals surface area contributed by atoms with Crippen LogP contribution in [0.15, 0.2) is 0 Å². The molecule has 1 fully saturated rings. The summed E-state index contributed by atoms with van der Waals surface area (Å²) >= 11 is 0. The number of likely N-dealkylation sites (N-methyl/N-ethyl adjacent to an activating group) is 1. The molecule has 4 N–H and O–H groups in total. The van der Waals surface area contributed by atoms with Gasteiger partial charge >= 0.3 is 0 Å². The van der Waals surface area contributed by atoms with E-state index in [1.54, 1.807) is 7.05 Å². The Morgan fingerprint density at radius 1 is 1.47 bits per heavy atom. The molecule has 0 aromatic heterocycles. The molecule has 1 aliphatic rings. The zero-order chi connectivity index (χ0) is 14.4. The van der Waals surface area contributed by atoms with Crippen LogP contribution in [0.25, 0.3) is 0 Å². The highest BCUT2D eigenvalue weighted by Gasteiger charge is 2.31. The van der Waals surface area contributed by atoms with Gasteiger partial charge in [-0.1, -0.05) is 6.92 Å². The number of rotatable bonds is 6. The first kappa shape index (κ1) is 15.9. The topological polar surface area (TPSA) is 96.7 Å². The highest BCUT2D eigenvalue weighted by atomic mass is 16.5.